The molecule has 6 heteroatoms. The maximum atomic E-state index is 10.5. The van der Waals surface area contributed by atoms with Gasteiger partial charge in [-0.15, -0.1) is 0 Å². The molecule has 0 spiro atoms. The maximum Gasteiger partial charge on any atom is 0.137 e. The number of piperidine rings is 1. The maximum absolute atomic E-state index is 10.5. The van der Waals surface area contributed by atoms with Crippen molar-refractivity contribution in [3.63, 3.8) is 0 Å². The predicted molar refractivity (Wildman–Crippen MR) is 84.2 cm³/mol. The van der Waals surface area contributed by atoms with E-state index in [9.17, 15) is 5.11 Å². The zero-order valence-corrected chi connectivity index (χ0v) is 13.2. The van der Waals surface area contributed by atoms with Crippen LogP contribution in [0.5, 0.6) is 0 Å². The molecule has 0 aromatic carbocycles. The van der Waals surface area contributed by atoms with E-state index in [4.69, 9.17) is 0 Å². The van der Waals surface area contributed by atoms with E-state index in [1.54, 1.807) is 6.20 Å². The van der Waals surface area contributed by atoms with Gasteiger partial charge in [-0.1, -0.05) is 0 Å². The van der Waals surface area contributed by atoms with Crippen LogP contribution in [0.15, 0.2) is 30.9 Å². The Morgan fingerprint density at radius 2 is 2.05 bits per heavy atom. The number of hydrogen-bond acceptors (Lipinski definition) is 4. The van der Waals surface area contributed by atoms with Crippen LogP contribution in [-0.2, 0) is 13.6 Å². The molecule has 1 aliphatic heterocycles. The van der Waals surface area contributed by atoms with E-state index < -0.39 is 6.10 Å². The Bertz CT molecular complexity index is 557. The quantitative estimate of drug-likeness (QED) is 0.877. The zero-order valence-electron chi connectivity index (χ0n) is 13.2. The number of aryl methyl sites for hydroxylation is 2. The monoisotopic (exact) mass is 303 g/mol. The van der Waals surface area contributed by atoms with Gasteiger partial charge in [0.05, 0.1) is 0 Å². The molecule has 1 atom stereocenters. The lowest BCUT2D eigenvalue weighted by atomic mass is 9.90. The van der Waals surface area contributed by atoms with Gasteiger partial charge in [0.1, 0.15) is 11.9 Å². The summed E-state index contributed by atoms with van der Waals surface area (Å²) in [5, 5.41) is 14.7. The molecule has 0 aliphatic carbocycles. The largest absolute Gasteiger partial charge is 0.385 e. The van der Waals surface area contributed by atoms with E-state index in [1.807, 2.05) is 41.0 Å². The second kappa shape index (κ2) is 7.07. The summed E-state index contributed by atoms with van der Waals surface area (Å²) < 4.78 is 3.90. The van der Waals surface area contributed by atoms with Crippen LogP contribution in [0, 0.1) is 5.92 Å². The number of imidazole rings is 1. The minimum atomic E-state index is -0.439. The predicted octanol–water partition coefficient (Wildman–Crippen LogP) is 1.45. The summed E-state index contributed by atoms with van der Waals surface area (Å²) in [6, 6.07) is 1.96. The van der Waals surface area contributed by atoms with Crippen LogP contribution in [0.3, 0.4) is 0 Å². The molecule has 0 saturated carbocycles. The molecule has 2 aromatic rings. The number of hydrogen-bond donors (Lipinski definition) is 1. The van der Waals surface area contributed by atoms with E-state index in [2.05, 4.69) is 15.0 Å². The SMILES string of the molecule is Cn1ccnc1C(O)C1CCN(CCCn2cccn2)CC1. The van der Waals surface area contributed by atoms with Crippen LogP contribution in [0.1, 0.15) is 31.2 Å². The second-order valence-corrected chi connectivity index (χ2v) is 6.14. The first-order valence-electron chi connectivity index (χ1n) is 8.09. The molecular formula is C16H25N5O. The van der Waals surface area contributed by atoms with Crippen LogP contribution in [0.2, 0.25) is 0 Å². The third-order valence-electron chi connectivity index (χ3n) is 4.62. The molecule has 6 nitrogen and oxygen atoms in total. The van der Waals surface area contributed by atoms with Crippen molar-refractivity contribution in [1.29, 1.82) is 0 Å². The Balaban J connectivity index is 1.41. The summed E-state index contributed by atoms with van der Waals surface area (Å²) >= 11 is 0. The van der Waals surface area contributed by atoms with Gasteiger partial charge in [0.2, 0.25) is 0 Å². The minimum absolute atomic E-state index is 0.323. The van der Waals surface area contributed by atoms with Gasteiger partial charge in [-0.2, -0.15) is 5.10 Å². The molecule has 0 amide bonds. The van der Waals surface area contributed by atoms with E-state index in [-0.39, 0.29) is 0 Å². The van der Waals surface area contributed by atoms with Crippen LogP contribution in [0.25, 0.3) is 0 Å². The molecular weight excluding hydrogens is 278 g/mol. The lowest BCUT2D eigenvalue weighted by molar-refractivity contribution is 0.0506. The molecule has 0 bridgehead atoms. The topological polar surface area (TPSA) is 59.1 Å². The highest BCUT2D eigenvalue weighted by Crippen LogP contribution is 2.29. The van der Waals surface area contributed by atoms with Crippen molar-refractivity contribution >= 4 is 0 Å². The van der Waals surface area contributed by atoms with Gasteiger partial charge in [-0.05, 0) is 50.9 Å². The van der Waals surface area contributed by atoms with Crippen LogP contribution in [-0.4, -0.2) is 49.0 Å². The van der Waals surface area contributed by atoms with Gasteiger partial charge >= 0.3 is 0 Å². The Hall–Kier alpha value is -1.66. The van der Waals surface area contributed by atoms with Crippen molar-refractivity contribution in [3.8, 4) is 0 Å². The molecule has 1 unspecified atom stereocenters. The number of aromatic nitrogens is 4. The van der Waals surface area contributed by atoms with Crippen molar-refractivity contribution in [2.75, 3.05) is 19.6 Å². The van der Waals surface area contributed by atoms with E-state index in [0.717, 1.165) is 51.3 Å². The standard InChI is InChI=1S/C16H25N5O/c1-19-13-7-17-16(19)15(22)14-4-11-20(12-5-14)8-3-10-21-9-2-6-18-21/h2,6-7,9,13-15,22H,3-5,8,10-12H2,1H3. The van der Waals surface area contributed by atoms with Crippen LogP contribution in [0.4, 0.5) is 0 Å². The Kier molecular flexibility index (Phi) is 4.90. The van der Waals surface area contributed by atoms with Gasteiger partial charge in [-0.3, -0.25) is 4.68 Å². The van der Waals surface area contributed by atoms with Gasteiger partial charge < -0.3 is 14.6 Å². The summed E-state index contributed by atoms with van der Waals surface area (Å²) in [7, 11) is 1.94. The highest BCUT2D eigenvalue weighted by molar-refractivity contribution is 4.98. The molecule has 22 heavy (non-hydrogen) atoms. The Labute approximate surface area is 131 Å². The van der Waals surface area contributed by atoms with Crippen molar-refractivity contribution in [2.45, 2.75) is 31.9 Å². The van der Waals surface area contributed by atoms with Gasteiger partial charge in [0.25, 0.3) is 0 Å². The van der Waals surface area contributed by atoms with Crippen molar-refractivity contribution in [3.05, 3.63) is 36.7 Å². The number of rotatable bonds is 6. The lowest BCUT2D eigenvalue weighted by Gasteiger charge is -2.34. The van der Waals surface area contributed by atoms with E-state index in [1.165, 1.54) is 0 Å². The minimum Gasteiger partial charge on any atom is -0.385 e. The fourth-order valence-corrected chi connectivity index (χ4v) is 3.25. The normalized spacial score (nSPS) is 18.6. The van der Waals surface area contributed by atoms with Gasteiger partial charge in [0, 0.05) is 38.4 Å². The third-order valence-corrected chi connectivity index (χ3v) is 4.62. The molecule has 1 fully saturated rings. The van der Waals surface area contributed by atoms with Crippen LogP contribution >= 0.6 is 0 Å². The van der Waals surface area contributed by atoms with E-state index in [0.29, 0.717) is 5.92 Å². The van der Waals surface area contributed by atoms with Gasteiger partial charge in [0.15, 0.2) is 0 Å². The number of aliphatic hydroxyl groups excluding tert-OH is 1. The number of aliphatic hydroxyl groups is 1. The molecule has 1 aliphatic rings. The molecule has 2 aromatic heterocycles. The van der Waals surface area contributed by atoms with Crippen LogP contribution < -0.4 is 0 Å². The first-order chi connectivity index (χ1) is 10.7. The number of nitrogens with zero attached hydrogens (tertiary/aromatic N) is 5. The second-order valence-electron chi connectivity index (χ2n) is 6.14. The summed E-state index contributed by atoms with van der Waals surface area (Å²) in [5.74, 6) is 1.11. The highest BCUT2D eigenvalue weighted by atomic mass is 16.3. The van der Waals surface area contributed by atoms with Crippen molar-refractivity contribution in [2.24, 2.45) is 13.0 Å². The Morgan fingerprint density at radius 1 is 1.23 bits per heavy atom. The summed E-state index contributed by atoms with van der Waals surface area (Å²) in [5.41, 5.74) is 0. The smallest absolute Gasteiger partial charge is 0.137 e. The lowest BCUT2D eigenvalue weighted by Crippen LogP contribution is -2.37. The Morgan fingerprint density at radius 3 is 2.68 bits per heavy atom. The average molecular weight is 303 g/mol. The third kappa shape index (κ3) is 3.56. The molecule has 3 rings (SSSR count). The molecule has 120 valence electrons. The summed E-state index contributed by atoms with van der Waals surface area (Å²) in [6.07, 6.45) is 10.2. The molecule has 3 heterocycles. The van der Waals surface area contributed by atoms with Gasteiger partial charge in [-0.25, -0.2) is 4.98 Å². The first kappa shape index (κ1) is 15.2. The molecule has 0 radical (unpaired) electrons. The highest BCUT2D eigenvalue weighted by Gasteiger charge is 2.28. The number of likely N-dealkylation sites (tertiary alicyclic amines) is 1. The molecule has 1 N–H and O–H groups in total. The van der Waals surface area contributed by atoms with E-state index >= 15 is 0 Å². The van der Waals surface area contributed by atoms with Crippen molar-refractivity contribution < 1.29 is 5.11 Å². The fraction of sp³-hybridized carbons (Fsp3) is 0.625. The summed E-state index contributed by atoms with van der Waals surface area (Å²) in [4.78, 5) is 6.77. The zero-order chi connectivity index (χ0) is 15.4. The average Bonchev–Trinajstić information content (AvgIpc) is 3.19. The van der Waals surface area contributed by atoms with Crippen molar-refractivity contribution in [1.82, 2.24) is 24.2 Å². The molecule has 1 saturated heterocycles. The first-order valence-corrected chi connectivity index (χ1v) is 8.09. The summed E-state index contributed by atoms with van der Waals surface area (Å²) in [6.45, 7) is 4.20. The fourth-order valence-electron chi connectivity index (χ4n) is 3.25.